The maximum absolute atomic E-state index is 11.1. The summed E-state index contributed by atoms with van der Waals surface area (Å²) < 4.78 is 5.20. The zero-order valence-electron chi connectivity index (χ0n) is 7.01. The third-order valence-electron chi connectivity index (χ3n) is 2.84. The van der Waals surface area contributed by atoms with Crippen LogP contribution in [0.5, 0.6) is 0 Å². The highest BCUT2D eigenvalue weighted by Gasteiger charge is 2.47. The second kappa shape index (κ2) is 3.00. The first-order valence-electron chi connectivity index (χ1n) is 4.56. The van der Waals surface area contributed by atoms with E-state index in [1.54, 1.807) is 0 Å². The first-order valence-corrected chi connectivity index (χ1v) is 4.93. The van der Waals surface area contributed by atoms with Crippen LogP contribution in [-0.2, 0) is 9.53 Å². The number of alkyl halides is 1. The van der Waals surface area contributed by atoms with Crippen LogP contribution in [0.1, 0.15) is 32.1 Å². The monoisotopic (exact) mass is 188 g/mol. The molecule has 0 N–H and O–H groups in total. The van der Waals surface area contributed by atoms with Gasteiger partial charge in [-0.05, 0) is 12.8 Å². The van der Waals surface area contributed by atoms with E-state index in [1.165, 1.54) is 6.42 Å². The van der Waals surface area contributed by atoms with Crippen LogP contribution in [0.15, 0.2) is 0 Å². The number of rotatable bonds is 1. The van der Waals surface area contributed by atoms with Gasteiger partial charge in [-0.1, -0.05) is 19.3 Å². The molecule has 1 heterocycles. The molecule has 12 heavy (non-hydrogen) atoms. The third kappa shape index (κ3) is 1.27. The predicted molar refractivity (Wildman–Crippen MR) is 46.4 cm³/mol. The number of ketones is 1. The topological polar surface area (TPSA) is 26.3 Å². The Labute approximate surface area is 77.2 Å². The van der Waals surface area contributed by atoms with Crippen LogP contribution in [0.4, 0.5) is 0 Å². The highest BCUT2D eigenvalue weighted by Crippen LogP contribution is 2.40. The van der Waals surface area contributed by atoms with E-state index in [-0.39, 0.29) is 23.4 Å². The van der Waals surface area contributed by atoms with Crippen molar-refractivity contribution in [2.75, 3.05) is 6.61 Å². The van der Waals surface area contributed by atoms with Crippen molar-refractivity contribution < 1.29 is 9.53 Å². The summed E-state index contributed by atoms with van der Waals surface area (Å²) in [5.41, 5.74) is 0. The minimum absolute atomic E-state index is 0.187. The Morgan fingerprint density at radius 1 is 1.33 bits per heavy atom. The summed E-state index contributed by atoms with van der Waals surface area (Å²) in [6.07, 6.45) is 5.10. The molecular formula is C9H13ClO2. The second-order valence-corrected chi connectivity index (χ2v) is 4.51. The number of hydrogen-bond donors (Lipinski definition) is 0. The van der Waals surface area contributed by atoms with E-state index >= 15 is 0 Å². The number of halogens is 1. The maximum atomic E-state index is 11.1. The van der Waals surface area contributed by atoms with Crippen molar-refractivity contribution in [1.29, 1.82) is 0 Å². The van der Waals surface area contributed by atoms with Crippen LogP contribution < -0.4 is 0 Å². The van der Waals surface area contributed by atoms with E-state index in [2.05, 4.69) is 0 Å². The van der Waals surface area contributed by atoms with E-state index < -0.39 is 0 Å². The molecule has 68 valence electrons. The molecule has 1 aliphatic carbocycles. The number of ether oxygens (including phenoxy) is 1. The average molecular weight is 189 g/mol. The van der Waals surface area contributed by atoms with Crippen molar-refractivity contribution >= 4 is 17.4 Å². The van der Waals surface area contributed by atoms with Gasteiger partial charge in [-0.3, -0.25) is 4.79 Å². The van der Waals surface area contributed by atoms with E-state index in [4.69, 9.17) is 16.3 Å². The van der Waals surface area contributed by atoms with E-state index in [0.717, 1.165) is 25.7 Å². The molecule has 2 nitrogen and oxygen atoms in total. The molecule has 0 bridgehead atoms. The number of Topliss-reactive ketones (excluding diaryl/α,β-unsaturated/α-hetero) is 1. The third-order valence-corrected chi connectivity index (χ3v) is 3.42. The van der Waals surface area contributed by atoms with Gasteiger partial charge in [0.15, 0.2) is 5.78 Å². The van der Waals surface area contributed by atoms with Crippen molar-refractivity contribution in [3.8, 4) is 0 Å². The van der Waals surface area contributed by atoms with Crippen LogP contribution in [0, 0.1) is 0 Å². The van der Waals surface area contributed by atoms with Crippen molar-refractivity contribution in [3.05, 3.63) is 0 Å². The molecule has 1 atom stereocenters. The van der Waals surface area contributed by atoms with Gasteiger partial charge >= 0.3 is 0 Å². The normalized spacial score (nSPS) is 34.4. The first kappa shape index (κ1) is 8.52. The van der Waals surface area contributed by atoms with Crippen molar-refractivity contribution in [1.82, 2.24) is 0 Å². The van der Waals surface area contributed by atoms with Gasteiger partial charge in [-0.2, -0.15) is 0 Å². The molecule has 2 aliphatic rings. The van der Waals surface area contributed by atoms with Crippen molar-refractivity contribution in [2.24, 2.45) is 0 Å². The van der Waals surface area contributed by atoms with Crippen LogP contribution in [0.3, 0.4) is 0 Å². The van der Waals surface area contributed by atoms with Crippen LogP contribution >= 0.6 is 11.6 Å². The van der Waals surface area contributed by atoms with Crippen LogP contribution in [0.25, 0.3) is 0 Å². The smallest absolute Gasteiger partial charge is 0.188 e. The van der Waals surface area contributed by atoms with Gasteiger partial charge in [0.05, 0.1) is 4.87 Å². The molecule has 3 heteroatoms. The molecule has 0 aromatic heterocycles. The largest absolute Gasteiger partial charge is 0.361 e. The number of carbonyl (C=O) groups is 1. The Hall–Kier alpha value is -0.0800. The maximum Gasteiger partial charge on any atom is 0.188 e. The van der Waals surface area contributed by atoms with Gasteiger partial charge in [0.2, 0.25) is 0 Å². The Morgan fingerprint density at radius 2 is 2.00 bits per heavy atom. The average Bonchev–Trinajstić information content (AvgIpc) is 2.02. The summed E-state index contributed by atoms with van der Waals surface area (Å²) in [6.45, 7) is 0.277. The van der Waals surface area contributed by atoms with Gasteiger partial charge in [0, 0.05) is 0 Å². The Kier molecular flexibility index (Phi) is 2.13. The zero-order valence-corrected chi connectivity index (χ0v) is 7.77. The molecule has 0 spiro atoms. The molecule has 0 aromatic rings. The Bertz CT molecular complexity index is 197. The summed E-state index contributed by atoms with van der Waals surface area (Å²) in [4.78, 5) is 10.8. The van der Waals surface area contributed by atoms with Crippen molar-refractivity contribution in [2.45, 2.75) is 43.1 Å². The fourth-order valence-corrected chi connectivity index (χ4v) is 2.53. The molecule has 0 aromatic carbocycles. The van der Waals surface area contributed by atoms with Gasteiger partial charge in [-0.15, -0.1) is 11.6 Å². The summed E-state index contributed by atoms with van der Waals surface area (Å²) >= 11 is 6.33. The van der Waals surface area contributed by atoms with Gasteiger partial charge in [0.25, 0.3) is 0 Å². The quantitative estimate of drug-likeness (QED) is 0.588. The lowest BCUT2D eigenvalue weighted by Gasteiger charge is -2.41. The molecule has 1 unspecified atom stereocenters. The van der Waals surface area contributed by atoms with Gasteiger partial charge in [0.1, 0.15) is 12.7 Å². The summed E-state index contributed by atoms with van der Waals surface area (Å²) in [5, 5.41) is 0. The lowest BCUT2D eigenvalue weighted by molar-refractivity contribution is -0.159. The van der Waals surface area contributed by atoms with E-state index in [0.29, 0.717) is 0 Å². The zero-order chi connectivity index (χ0) is 8.60. The number of hydrogen-bond acceptors (Lipinski definition) is 2. The fourth-order valence-electron chi connectivity index (χ4n) is 2.07. The van der Waals surface area contributed by atoms with Gasteiger partial charge in [-0.25, -0.2) is 0 Å². The van der Waals surface area contributed by atoms with E-state index in [9.17, 15) is 4.79 Å². The minimum Gasteiger partial charge on any atom is -0.361 e. The van der Waals surface area contributed by atoms with E-state index in [1.807, 2.05) is 0 Å². The summed E-state index contributed by atoms with van der Waals surface area (Å²) in [7, 11) is 0. The molecule has 1 saturated heterocycles. The van der Waals surface area contributed by atoms with Crippen LogP contribution in [-0.4, -0.2) is 23.4 Å². The highest BCUT2D eigenvalue weighted by atomic mass is 35.5. The van der Waals surface area contributed by atoms with Crippen LogP contribution in [0.2, 0.25) is 0 Å². The molecule has 1 aliphatic heterocycles. The minimum atomic E-state index is -0.354. The second-order valence-electron chi connectivity index (χ2n) is 3.75. The summed E-state index contributed by atoms with van der Waals surface area (Å²) in [6, 6.07) is 0. The summed E-state index contributed by atoms with van der Waals surface area (Å²) in [5.74, 6) is 0.187. The first-order chi connectivity index (χ1) is 5.72. The predicted octanol–water partition coefficient (Wildman–Crippen LogP) is 1.90. The fraction of sp³-hybridized carbons (Fsp3) is 0.889. The van der Waals surface area contributed by atoms with Gasteiger partial charge < -0.3 is 4.74 Å². The Balaban J connectivity index is 2.03. The molecular weight excluding hydrogens is 176 g/mol. The van der Waals surface area contributed by atoms with Crippen molar-refractivity contribution in [3.63, 3.8) is 0 Å². The SMILES string of the molecule is O=C1COC1C1(Cl)CCCCC1. The lowest BCUT2D eigenvalue weighted by atomic mass is 9.81. The standard InChI is InChI=1S/C9H13ClO2/c10-9(4-2-1-3-5-9)8-7(11)6-12-8/h8H,1-6H2. The molecule has 0 amide bonds. The molecule has 0 radical (unpaired) electrons. The molecule has 1 saturated carbocycles. The lowest BCUT2D eigenvalue weighted by Crippen LogP contribution is -2.54. The molecule has 2 rings (SSSR count). The molecule has 2 fully saturated rings. The highest BCUT2D eigenvalue weighted by molar-refractivity contribution is 6.26. The number of carbonyl (C=O) groups excluding carboxylic acids is 1. The Morgan fingerprint density at radius 3 is 2.42 bits per heavy atom.